The van der Waals surface area contributed by atoms with Gasteiger partial charge in [-0.2, -0.15) is 0 Å². The third-order valence-electron chi connectivity index (χ3n) is 4.56. The van der Waals surface area contributed by atoms with Gasteiger partial charge in [0.2, 0.25) is 10.0 Å². The molecule has 6 nitrogen and oxygen atoms in total. The van der Waals surface area contributed by atoms with Crippen molar-refractivity contribution in [3.8, 4) is 0 Å². The van der Waals surface area contributed by atoms with Gasteiger partial charge in [-0.25, -0.2) is 12.7 Å². The summed E-state index contributed by atoms with van der Waals surface area (Å²) in [6.07, 6.45) is 1.69. The summed E-state index contributed by atoms with van der Waals surface area (Å²) in [4.78, 5) is 13.0. The zero-order chi connectivity index (χ0) is 21.2. The first kappa shape index (κ1) is 21.1. The van der Waals surface area contributed by atoms with Crippen LogP contribution in [-0.2, 0) is 23.1 Å². The number of nitrogens with one attached hydrogen (secondary N) is 1. The SMILES string of the molecule is C=CCn1c(C(=O)NCc2ccc(Cl)cc2)cc2cc(S(=O)(=O)N(C)C)ccc21. The van der Waals surface area contributed by atoms with Crippen molar-refractivity contribution >= 4 is 38.4 Å². The molecular formula is C21H22ClN3O3S. The van der Waals surface area contributed by atoms with E-state index >= 15 is 0 Å². The topological polar surface area (TPSA) is 71.4 Å². The number of allylic oxidation sites excluding steroid dienone is 1. The Balaban J connectivity index is 1.95. The number of carbonyl (C=O) groups is 1. The summed E-state index contributed by atoms with van der Waals surface area (Å²) in [6, 6.07) is 13.8. The van der Waals surface area contributed by atoms with Crippen LogP contribution in [0.3, 0.4) is 0 Å². The molecule has 0 spiro atoms. The first-order chi connectivity index (χ1) is 13.7. The van der Waals surface area contributed by atoms with Gasteiger partial charge < -0.3 is 9.88 Å². The summed E-state index contributed by atoms with van der Waals surface area (Å²) < 4.78 is 27.8. The van der Waals surface area contributed by atoms with E-state index in [9.17, 15) is 13.2 Å². The zero-order valence-corrected chi connectivity index (χ0v) is 17.8. The van der Waals surface area contributed by atoms with Gasteiger partial charge in [0.15, 0.2) is 0 Å². The maximum atomic E-state index is 12.8. The summed E-state index contributed by atoms with van der Waals surface area (Å²) in [5.41, 5.74) is 2.13. The molecule has 29 heavy (non-hydrogen) atoms. The lowest BCUT2D eigenvalue weighted by Crippen LogP contribution is -2.25. The Labute approximate surface area is 175 Å². The lowest BCUT2D eigenvalue weighted by Gasteiger charge is -2.12. The predicted octanol–water partition coefficient (Wildman–Crippen LogP) is 3.66. The van der Waals surface area contributed by atoms with E-state index in [-0.39, 0.29) is 10.8 Å². The number of aromatic nitrogens is 1. The third-order valence-corrected chi connectivity index (χ3v) is 6.63. The number of hydrogen-bond donors (Lipinski definition) is 1. The van der Waals surface area contributed by atoms with Crippen molar-refractivity contribution in [3.05, 3.63) is 77.5 Å². The molecule has 1 N–H and O–H groups in total. The second-order valence-corrected chi connectivity index (χ2v) is 9.33. The summed E-state index contributed by atoms with van der Waals surface area (Å²) in [7, 11) is -0.593. The molecule has 0 saturated carbocycles. The number of carbonyl (C=O) groups excluding carboxylic acids is 1. The molecule has 0 atom stereocenters. The Morgan fingerprint density at radius 2 is 1.86 bits per heavy atom. The van der Waals surface area contributed by atoms with E-state index < -0.39 is 10.0 Å². The van der Waals surface area contributed by atoms with Crippen molar-refractivity contribution in [2.24, 2.45) is 0 Å². The summed E-state index contributed by atoms with van der Waals surface area (Å²) in [6.45, 7) is 4.53. The molecule has 0 aliphatic rings. The van der Waals surface area contributed by atoms with Crippen molar-refractivity contribution in [1.29, 1.82) is 0 Å². The van der Waals surface area contributed by atoms with Crippen molar-refractivity contribution in [1.82, 2.24) is 14.2 Å². The highest BCUT2D eigenvalue weighted by Crippen LogP contribution is 2.25. The minimum absolute atomic E-state index is 0.180. The lowest BCUT2D eigenvalue weighted by molar-refractivity contribution is 0.0942. The molecule has 152 valence electrons. The van der Waals surface area contributed by atoms with Gasteiger partial charge in [0.05, 0.1) is 4.90 Å². The molecule has 2 aromatic carbocycles. The first-order valence-electron chi connectivity index (χ1n) is 8.93. The highest BCUT2D eigenvalue weighted by atomic mass is 35.5. The van der Waals surface area contributed by atoms with Crippen LogP contribution in [0.5, 0.6) is 0 Å². The molecule has 0 fully saturated rings. The van der Waals surface area contributed by atoms with E-state index in [0.29, 0.717) is 29.2 Å². The Hall–Kier alpha value is -2.61. The number of fused-ring (bicyclic) bond motifs is 1. The number of amides is 1. The fourth-order valence-corrected chi connectivity index (χ4v) is 4.07. The molecule has 1 amide bonds. The highest BCUT2D eigenvalue weighted by Gasteiger charge is 2.20. The standard InChI is InChI=1S/C21H22ClN3O3S/c1-4-11-25-19-10-9-18(29(27,28)24(2)3)12-16(19)13-20(25)21(26)23-14-15-5-7-17(22)8-6-15/h4-10,12-13H,1,11,14H2,2-3H3,(H,23,26). The Kier molecular flexibility index (Phi) is 6.12. The molecule has 1 aromatic heterocycles. The fourth-order valence-electron chi connectivity index (χ4n) is 3.01. The van der Waals surface area contributed by atoms with Crippen LogP contribution in [0.2, 0.25) is 5.02 Å². The maximum Gasteiger partial charge on any atom is 0.268 e. The average molecular weight is 432 g/mol. The first-order valence-corrected chi connectivity index (χ1v) is 10.7. The lowest BCUT2D eigenvalue weighted by atomic mass is 10.2. The molecule has 0 unspecified atom stereocenters. The molecule has 0 radical (unpaired) electrons. The molecule has 3 aromatic rings. The van der Waals surface area contributed by atoms with Crippen LogP contribution in [-0.4, -0.2) is 37.3 Å². The van der Waals surface area contributed by atoms with E-state index in [0.717, 1.165) is 15.4 Å². The Bertz CT molecular complexity index is 1170. The summed E-state index contributed by atoms with van der Waals surface area (Å²) in [5.74, 6) is -0.255. The van der Waals surface area contributed by atoms with Crippen LogP contribution in [0, 0.1) is 0 Å². The molecule has 0 aliphatic carbocycles. The second-order valence-electron chi connectivity index (χ2n) is 6.75. The Morgan fingerprint density at radius 3 is 2.48 bits per heavy atom. The normalized spacial score (nSPS) is 11.7. The van der Waals surface area contributed by atoms with E-state index in [1.54, 1.807) is 42.5 Å². The molecule has 0 aliphatic heterocycles. The number of benzene rings is 2. The smallest absolute Gasteiger partial charge is 0.268 e. The van der Waals surface area contributed by atoms with Gasteiger partial charge in [0.1, 0.15) is 5.69 Å². The minimum Gasteiger partial charge on any atom is -0.347 e. The molecular weight excluding hydrogens is 410 g/mol. The number of nitrogens with zero attached hydrogens (tertiary/aromatic N) is 2. The van der Waals surface area contributed by atoms with Crippen LogP contribution in [0.15, 0.2) is 66.1 Å². The van der Waals surface area contributed by atoms with Gasteiger partial charge in [-0.05, 0) is 42.0 Å². The van der Waals surface area contributed by atoms with Gasteiger partial charge in [0, 0.05) is 43.1 Å². The van der Waals surface area contributed by atoms with Gasteiger partial charge in [-0.15, -0.1) is 6.58 Å². The monoisotopic (exact) mass is 431 g/mol. The van der Waals surface area contributed by atoms with Crippen molar-refractivity contribution in [3.63, 3.8) is 0 Å². The van der Waals surface area contributed by atoms with Crippen molar-refractivity contribution in [2.75, 3.05) is 14.1 Å². The van der Waals surface area contributed by atoms with Gasteiger partial charge in [-0.1, -0.05) is 29.8 Å². The average Bonchev–Trinajstić information content (AvgIpc) is 3.05. The van der Waals surface area contributed by atoms with E-state index in [2.05, 4.69) is 11.9 Å². The maximum absolute atomic E-state index is 12.8. The fraction of sp³-hybridized carbons (Fsp3) is 0.190. The number of sulfonamides is 1. The van der Waals surface area contributed by atoms with E-state index in [4.69, 9.17) is 11.6 Å². The molecule has 0 bridgehead atoms. The molecule has 1 heterocycles. The molecule has 3 rings (SSSR count). The van der Waals surface area contributed by atoms with Crippen molar-refractivity contribution < 1.29 is 13.2 Å². The number of halogens is 1. The van der Waals surface area contributed by atoms with Crippen LogP contribution < -0.4 is 5.32 Å². The van der Waals surface area contributed by atoms with Crippen LogP contribution in [0.25, 0.3) is 10.9 Å². The van der Waals surface area contributed by atoms with E-state index in [1.165, 1.54) is 14.1 Å². The second kappa shape index (κ2) is 8.41. The van der Waals surface area contributed by atoms with Crippen LogP contribution in [0.4, 0.5) is 0 Å². The van der Waals surface area contributed by atoms with Crippen molar-refractivity contribution in [2.45, 2.75) is 18.0 Å². The Morgan fingerprint density at radius 1 is 1.17 bits per heavy atom. The van der Waals surface area contributed by atoms with Crippen LogP contribution >= 0.6 is 11.6 Å². The molecule has 0 saturated heterocycles. The number of hydrogen-bond acceptors (Lipinski definition) is 3. The molecule has 8 heteroatoms. The summed E-state index contributed by atoms with van der Waals surface area (Å²) in [5, 5.41) is 4.20. The zero-order valence-electron chi connectivity index (χ0n) is 16.2. The van der Waals surface area contributed by atoms with E-state index in [1.807, 2.05) is 16.7 Å². The van der Waals surface area contributed by atoms with Crippen LogP contribution in [0.1, 0.15) is 16.1 Å². The largest absolute Gasteiger partial charge is 0.347 e. The quantitative estimate of drug-likeness (QED) is 0.580. The van der Waals surface area contributed by atoms with Gasteiger partial charge in [-0.3, -0.25) is 4.79 Å². The van der Waals surface area contributed by atoms with Gasteiger partial charge >= 0.3 is 0 Å². The van der Waals surface area contributed by atoms with Gasteiger partial charge in [0.25, 0.3) is 5.91 Å². The predicted molar refractivity (Wildman–Crippen MR) is 116 cm³/mol. The third kappa shape index (κ3) is 4.37. The summed E-state index contributed by atoms with van der Waals surface area (Å²) >= 11 is 5.89. The number of rotatable bonds is 7. The minimum atomic E-state index is -3.56. The highest BCUT2D eigenvalue weighted by molar-refractivity contribution is 7.89.